The molecule has 1 amide bonds. The van der Waals surface area contributed by atoms with Gasteiger partial charge in [0.25, 0.3) is 0 Å². The Morgan fingerprint density at radius 1 is 1.53 bits per heavy atom. The molecule has 1 atom stereocenters. The van der Waals surface area contributed by atoms with Gasteiger partial charge in [0.15, 0.2) is 5.88 Å². The van der Waals surface area contributed by atoms with Crippen molar-refractivity contribution in [3.63, 3.8) is 0 Å². The van der Waals surface area contributed by atoms with E-state index in [2.05, 4.69) is 5.32 Å². The van der Waals surface area contributed by atoms with Crippen LogP contribution < -0.4 is 5.32 Å². The van der Waals surface area contributed by atoms with Crippen molar-refractivity contribution in [3.05, 3.63) is 17.9 Å². The van der Waals surface area contributed by atoms with Gasteiger partial charge < -0.3 is 9.52 Å². The Bertz CT molecular complexity index is 369. The summed E-state index contributed by atoms with van der Waals surface area (Å²) >= 11 is 0. The fourth-order valence-electron chi connectivity index (χ4n) is 1.10. The number of carbonyl (C=O) groups excluding carboxylic acids is 1. The van der Waals surface area contributed by atoms with Crippen molar-refractivity contribution in [1.82, 2.24) is 0 Å². The lowest BCUT2D eigenvalue weighted by atomic mass is 10.1. The van der Waals surface area contributed by atoms with Gasteiger partial charge in [-0.1, -0.05) is 6.92 Å². The maximum Gasteiger partial charge on any atom is 0.304 e. The number of aryl methyl sites for hydroxylation is 1. The monoisotopic (exact) mass is 211 g/mol. The van der Waals surface area contributed by atoms with Gasteiger partial charge in [-0.2, -0.15) is 0 Å². The Labute approximate surface area is 87.1 Å². The quantitative estimate of drug-likeness (QED) is 0.793. The topological polar surface area (TPSA) is 79.5 Å². The first-order chi connectivity index (χ1) is 6.99. The molecule has 0 radical (unpaired) electrons. The van der Waals surface area contributed by atoms with Crippen molar-refractivity contribution >= 4 is 17.8 Å². The summed E-state index contributed by atoms with van der Waals surface area (Å²) in [5.41, 5.74) is 0. The number of carboxylic acid groups (broad SMARTS) is 1. The second-order valence-corrected chi connectivity index (χ2v) is 3.40. The van der Waals surface area contributed by atoms with Gasteiger partial charge in [-0.3, -0.25) is 14.9 Å². The average molecular weight is 211 g/mol. The molecule has 5 heteroatoms. The third-order valence-electron chi connectivity index (χ3n) is 1.92. The molecule has 1 rings (SSSR count). The summed E-state index contributed by atoms with van der Waals surface area (Å²) in [6.45, 7) is 3.32. The van der Waals surface area contributed by atoms with Crippen molar-refractivity contribution in [2.24, 2.45) is 5.92 Å². The molecular weight excluding hydrogens is 198 g/mol. The lowest BCUT2D eigenvalue weighted by molar-refractivity contribution is -0.139. The number of anilines is 1. The molecule has 1 aromatic heterocycles. The van der Waals surface area contributed by atoms with Crippen LogP contribution in [-0.4, -0.2) is 17.0 Å². The van der Waals surface area contributed by atoms with Crippen molar-refractivity contribution in [2.75, 3.05) is 5.32 Å². The molecule has 5 nitrogen and oxygen atoms in total. The number of nitrogens with one attached hydrogen (secondary N) is 1. The zero-order chi connectivity index (χ0) is 11.4. The standard InChI is InChI=1S/C10H13NO4/c1-6(5-9(12)13)10(14)11-8-4-3-7(2)15-8/h3-4,6H,5H2,1-2H3,(H,11,14)(H,12,13). The highest BCUT2D eigenvalue weighted by Gasteiger charge is 2.17. The molecule has 0 saturated carbocycles. The fourth-order valence-corrected chi connectivity index (χ4v) is 1.10. The van der Waals surface area contributed by atoms with E-state index >= 15 is 0 Å². The summed E-state index contributed by atoms with van der Waals surface area (Å²) in [5, 5.41) is 11.0. The van der Waals surface area contributed by atoms with Crippen LogP contribution in [0, 0.1) is 12.8 Å². The minimum Gasteiger partial charge on any atom is -0.481 e. The molecule has 1 heterocycles. The van der Waals surface area contributed by atoms with Gasteiger partial charge in [-0.15, -0.1) is 0 Å². The largest absolute Gasteiger partial charge is 0.481 e. The van der Waals surface area contributed by atoms with Gasteiger partial charge in [-0.25, -0.2) is 0 Å². The summed E-state index contributed by atoms with van der Waals surface area (Å²) in [4.78, 5) is 21.8. The number of furan rings is 1. The number of amides is 1. The zero-order valence-electron chi connectivity index (χ0n) is 8.61. The molecule has 0 saturated heterocycles. The highest BCUT2D eigenvalue weighted by atomic mass is 16.4. The number of carbonyl (C=O) groups is 2. The first-order valence-electron chi connectivity index (χ1n) is 4.58. The lowest BCUT2D eigenvalue weighted by Gasteiger charge is -2.07. The minimum atomic E-state index is -0.992. The molecule has 0 aromatic carbocycles. The van der Waals surface area contributed by atoms with Crippen LogP contribution in [0.5, 0.6) is 0 Å². The smallest absolute Gasteiger partial charge is 0.304 e. The molecule has 0 fully saturated rings. The number of carboxylic acids is 1. The van der Waals surface area contributed by atoms with E-state index < -0.39 is 11.9 Å². The molecule has 2 N–H and O–H groups in total. The third-order valence-corrected chi connectivity index (χ3v) is 1.92. The number of hydrogen-bond donors (Lipinski definition) is 2. The van der Waals surface area contributed by atoms with Gasteiger partial charge in [0.05, 0.1) is 6.42 Å². The van der Waals surface area contributed by atoms with Gasteiger partial charge in [0.2, 0.25) is 5.91 Å². The number of aliphatic carboxylic acids is 1. The number of hydrogen-bond acceptors (Lipinski definition) is 3. The molecule has 82 valence electrons. The van der Waals surface area contributed by atoms with Crippen molar-refractivity contribution in [3.8, 4) is 0 Å². The summed E-state index contributed by atoms with van der Waals surface area (Å²) in [6, 6.07) is 3.35. The van der Waals surface area contributed by atoms with Gasteiger partial charge in [0.1, 0.15) is 5.76 Å². The van der Waals surface area contributed by atoms with Crippen LogP contribution in [-0.2, 0) is 9.59 Å². The maximum atomic E-state index is 11.4. The van der Waals surface area contributed by atoms with Crippen LogP contribution in [0.25, 0.3) is 0 Å². The molecule has 1 aromatic rings. The summed E-state index contributed by atoms with van der Waals surface area (Å²) in [6.07, 6.45) is -0.189. The first kappa shape index (κ1) is 11.3. The predicted octanol–water partition coefficient (Wildman–Crippen LogP) is 1.64. The van der Waals surface area contributed by atoms with Gasteiger partial charge in [-0.05, 0) is 13.0 Å². The predicted molar refractivity (Wildman–Crippen MR) is 53.5 cm³/mol. The molecule has 0 aliphatic carbocycles. The van der Waals surface area contributed by atoms with E-state index in [9.17, 15) is 9.59 Å². The van der Waals surface area contributed by atoms with E-state index in [1.165, 1.54) is 0 Å². The van der Waals surface area contributed by atoms with E-state index in [4.69, 9.17) is 9.52 Å². The van der Waals surface area contributed by atoms with Crippen LogP contribution in [0.2, 0.25) is 0 Å². The van der Waals surface area contributed by atoms with Crippen LogP contribution in [0.3, 0.4) is 0 Å². The zero-order valence-corrected chi connectivity index (χ0v) is 8.61. The van der Waals surface area contributed by atoms with E-state index in [-0.39, 0.29) is 12.3 Å². The molecule has 0 spiro atoms. The van der Waals surface area contributed by atoms with E-state index in [0.29, 0.717) is 11.6 Å². The highest BCUT2D eigenvalue weighted by molar-refractivity contribution is 5.93. The lowest BCUT2D eigenvalue weighted by Crippen LogP contribution is -2.22. The van der Waals surface area contributed by atoms with E-state index in [0.717, 1.165) is 0 Å². The van der Waals surface area contributed by atoms with Gasteiger partial charge >= 0.3 is 5.97 Å². The average Bonchev–Trinajstić information content (AvgIpc) is 2.50. The molecule has 1 unspecified atom stereocenters. The number of rotatable bonds is 4. The van der Waals surface area contributed by atoms with Crippen molar-refractivity contribution in [2.45, 2.75) is 20.3 Å². The Morgan fingerprint density at radius 3 is 2.67 bits per heavy atom. The Morgan fingerprint density at radius 2 is 2.20 bits per heavy atom. The van der Waals surface area contributed by atoms with Crippen molar-refractivity contribution in [1.29, 1.82) is 0 Å². The Balaban J connectivity index is 2.52. The van der Waals surface area contributed by atoms with E-state index in [1.54, 1.807) is 26.0 Å². The SMILES string of the molecule is Cc1ccc(NC(=O)C(C)CC(=O)O)o1. The summed E-state index contributed by atoms with van der Waals surface area (Å²) < 4.78 is 5.13. The maximum absolute atomic E-state index is 11.4. The Hall–Kier alpha value is -1.78. The molecular formula is C10H13NO4. The third kappa shape index (κ3) is 3.46. The van der Waals surface area contributed by atoms with Crippen LogP contribution in [0.1, 0.15) is 19.1 Å². The summed E-state index contributed by atoms with van der Waals surface area (Å²) in [5.74, 6) is -0.890. The molecule has 0 bridgehead atoms. The fraction of sp³-hybridized carbons (Fsp3) is 0.400. The Kier molecular flexibility index (Phi) is 3.49. The molecule has 0 aliphatic heterocycles. The second kappa shape index (κ2) is 4.63. The van der Waals surface area contributed by atoms with Crippen LogP contribution >= 0.6 is 0 Å². The van der Waals surface area contributed by atoms with Crippen LogP contribution in [0.4, 0.5) is 5.88 Å². The van der Waals surface area contributed by atoms with E-state index in [1.807, 2.05) is 0 Å². The van der Waals surface area contributed by atoms with Gasteiger partial charge in [0, 0.05) is 12.0 Å². The minimum absolute atomic E-state index is 0.189. The summed E-state index contributed by atoms with van der Waals surface area (Å²) in [7, 11) is 0. The molecule has 15 heavy (non-hydrogen) atoms. The highest BCUT2D eigenvalue weighted by Crippen LogP contribution is 2.14. The first-order valence-corrected chi connectivity index (χ1v) is 4.58. The van der Waals surface area contributed by atoms with Crippen LogP contribution in [0.15, 0.2) is 16.5 Å². The second-order valence-electron chi connectivity index (χ2n) is 3.40. The molecule has 0 aliphatic rings. The van der Waals surface area contributed by atoms with Crippen molar-refractivity contribution < 1.29 is 19.1 Å². The normalized spacial score (nSPS) is 12.1.